The van der Waals surface area contributed by atoms with Crippen molar-refractivity contribution >= 4 is 33.0 Å². The molecule has 0 aliphatic carbocycles. The molecule has 2 atom stereocenters. The molecule has 2 aromatic rings. The number of phenols is 1. The van der Waals surface area contributed by atoms with Crippen LogP contribution in [0.15, 0.2) is 52.3 Å². The smallest absolute Gasteiger partial charge is 0.183 e. The second-order valence-electron chi connectivity index (χ2n) is 7.09. The summed E-state index contributed by atoms with van der Waals surface area (Å²) in [5.41, 5.74) is 1.64. The van der Waals surface area contributed by atoms with Crippen LogP contribution in [0.3, 0.4) is 0 Å². The van der Waals surface area contributed by atoms with Crippen LogP contribution in [0.4, 0.5) is 11.4 Å². The van der Waals surface area contributed by atoms with Crippen LogP contribution in [-0.2, 0) is 9.84 Å². The molecule has 1 N–H and O–H groups in total. The highest BCUT2D eigenvalue weighted by atomic mass is 32.2. The molecule has 0 amide bonds. The van der Waals surface area contributed by atoms with Gasteiger partial charge in [0.05, 0.1) is 20.7 Å². The number of phenolic OH excluding ortho intramolecular Hbond substituents is 1. The van der Waals surface area contributed by atoms with E-state index in [1.807, 2.05) is 49.6 Å². The third-order valence-electron chi connectivity index (χ3n) is 5.42. The van der Waals surface area contributed by atoms with Crippen LogP contribution < -0.4 is 4.90 Å². The maximum absolute atomic E-state index is 13.4. The van der Waals surface area contributed by atoms with Crippen molar-refractivity contribution in [1.82, 2.24) is 0 Å². The fraction of sp³-hybridized carbons (Fsp3) is 0.429. The monoisotopic (exact) mass is 405 g/mol. The maximum Gasteiger partial charge on any atom is 0.183 e. The van der Waals surface area contributed by atoms with Gasteiger partial charge in [0.15, 0.2) is 9.84 Å². The largest absolute Gasteiger partial charge is 0.507 e. The standard InChI is InChI=1S/C21H27NO3S2/c1-4-5-9-16-14-22(17-10-7-6-8-11-17)18-12-20(26-3)19(23)13-21(18)27(24,25)15(16)2/h6-8,10-13,15-16,23H,4-5,9,14H2,1-3H3. The number of fused-ring (bicyclic) bond motifs is 1. The van der Waals surface area contributed by atoms with Gasteiger partial charge in [0.1, 0.15) is 5.75 Å². The third kappa shape index (κ3) is 3.83. The van der Waals surface area contributed by atoms with Crippen LogP contribution in [0, 0.1) is 5.92 Å². The van der Waals surface area contributed by atoms with Gasteiger partial charge in [0.2, 0.25) is 0 Å². The van der Waals surface area contributed by atoms with E-state index in [1.165, 1.54) is 17.8 Å². The highest BCUT2D eigenvalue weighted by Gasteiger charge is 2.39. The number of anilines is 2. The maximum atomic E-state index is 13.4. The number of hydrogen-bond acceptors (Lipinski definition) is 5. The Hall–Kier alpha value is -1.66. The topological polar surface area (TPSA) is 57.6 Å². The number of benzene rings is 2. The van der Waals surface area contributed by atoms with Crippen molar-refractivity contribution in [2.75, 3.05) is 17.7 Å². The Bertz CT molecular complexity index is 897. The first-order chi connectivity index (χ1) is 12.9. The summed E-state index contributed by atoms with van der Waals surface area (Å²) in [6.45, 7) is 4.59. The summed E-state index contributed by atoms with van der Waals surface area (Å²) in [4.78, 5) is 3.02. The molecule has 1 aliphatic rings. The molecule has 3 rings (SSSR count). The summed E-state index contributed by atoms with van der Waals surface area (Å²) < 4.78 is 26.8. The summed E-state index contributed by atoms with van der Waals surface area (Å²) in [6, 6.07) is 13.2. The van der Waals surface area contributed by atoms with Crippen LogP contribution in [-0.4, -0.2) is 31.6 Å². The van der Waals surface area contributed by atoms with E-state index < -0.39 is 15.1 Å². The first kappa shape index (κ1) is 20.1. The average molecular weight is 406 g/mol. The lowest BCUT2D eigenvalue weighted by Gasteiger charge is -2.29. The highest BCUT2D eigenvalue weighted by Crippen LogP contribution is 2.44. The van der Waals surface area contributed by atoms with Gasteiger partial charge in [0, 0.05) is 18.3 Å². The Morgan fingerprint density at radius 2 is 1.93 bits per heavy atom. The molecular formula is C21H27NO3S2. The van der Waals surface area contributed by atoms with Crippen LogP contribution in [0.5, 0.6) is 5.75 Å². The van der Waals surface area contributed by atoms with Crippen LogP contribution in [0.25, 0.3) is 0 Å². The van der Waals surface area contributed by atoms with Crippen LogP contribution in [0.2, 0.25) is 0 Å². The molecule has 1 aliphatic heterocycles. The van der Waals surface area contributed by atoms with E-state index in [1.54, 1.807) is 0 Å². The zero-order chi connectivity index (χ0) is 19.6. The fourth-order valence-electron chi connectivity index (χ4n) is 3.72. The molecule has 4 nitrogen and oxygen atoms in total. The number of hydrogen-bond donors (Lipinski definition) is 1. The fourth-order valence-corrected chi connectivity index (χ4v) is 6.08. The Kier molecular flexibility index (Phi) is 6.06. The minimum absolute atomic E-state index is 0.0250. The third-order valence-corrected chi connectivity index (χ3v) is 8.50. The molecular weight excluding hydrogens is 378 g/mol. The minimum Gasteiger partial charge on any atom is -0.507 e. The number of sulfone groups is 1. The first-order valence-electron chi connectivity index (χ1n) is 9.37. The van der Waals surface area contributed by atoms with E-state index in [9.17, 15) is 13.5 Å². The summed E-state index contributed by atoms with van der Waals surface area (Å²) in [6.07, 6.45) is 4.80. The number of para-hydroxylation sites is 1. The minimum atomic E-state index is -3.54. The SMILES string of the molecule is CCCCC1CN(c2ccccc2)c2cc(SC)c(O)cc2S(=O)(=O)C1C. The van der Waals surface area contributed by atoms with Crippen molar-refractivity contribution in [3.05, 3.63) is 42.5 Å². The van der Waals surface area contributed by atoms with Crippen molar-refractivity contribution in [2.45, 2.75) is 48.2 Å². The average Bonchev–Trinajstić information content (AvgIpc) is 2.75. The number of aromatic hydroxyl groups is 1. The highest BCUT2D eigenvalue weighted by molar-refractivity contribution is 7.98. The molecule has 0 aromatic heterocycles. The van der Waals surface area contributed by atoms with Crippen molar-refractivity contribution in [3.63, 3.8) is 0 Å². The summed E-state index contributed by atoms with van der Waals surface area (Å²) >= 11 is 1.42. The molecule has 146 valence electrons. The van der Waals surface area contributed by atoms with E-state index in [-0.39, 0.29) is 16.6 Å². The first-order valence-corrected chi connectivity index (χ1v) is 12.1. The number of rotatable bonds is 5. The Morgan fingerprint density at radius 3 is 2.56 bits per heavy atom. The lowest BCUT2D eigenvalue weighted by Crippen LogP contribution is -2.31. The molecule has 0 saturated carbocycles. The van der Waals surface area contributed by atoms with E-state index in [0.717, 1.165) is 24.9 Å². The molecule has 2 unspecified atom stereocenters. The van der Waals surface area contributed by atoms with Gasteiger partial charge in [-0.15, -0.1) is 11.8 Å². The Balaban J connectivity index is 2.23. The number of unbranched alkanes of at least 4 members (excludes halogenated alkanes) is 1. The van der Waals surface area contributed by atoms with Crippen molar-refractivity contribution < 1.29 is 13.5 Å². The van der Waals surface area contributed by atoms with E-state index in [0.29, 0.717) is 17.1 Å². The predicted octanol–water partition coefficient (Wildman–Crippen LogP) is 5.23. The predicted molar refractivity (Wildman–Crippen MR) is 113 cm³/mol. The molecule has 0 bridgehead atoms. The lowest BCUT2D eigenvalue weighted by atomic mass is 9.97. The summed E-state index contributed by atoms with van der Waals surface area (Å²) in [5.74, 6) is 0.0551. The van der Waals surface area contributed by atoms with Gasteiger partial charge >= 0.3 is 0 Å². The van der Waals surface area contributed by atoms with Gasteiger partial charge in [-0.25, -0.2) is 8.42 Å². The van der Waals surface area contributed by atoms with Crippen molar-refractivity contribution in [3.8, 4) is 5.75 Å². The van der Waals surface area contributed by atoms with E-state index >= 15 is 0 Å². The second kappa shape index (κ2) is 8.15. The molecule has 1 heterocycles. The molecule has 6 heteroatoms. The molecule has 27 heavy (non-hydrogen) atoms. The Labute approximate surface area is 166 Å². The molecule has 2 aromatic carbocycles. The molecule has 0 radical (unpaired) electrons. The van der Waals surface area contributed by atoms with Crippen LogP contribution >= 0.6 is 11.8 Å². The molecule has 0 fully saturated rings. The van der Waals surface area contributed by atoms with Crippen LogP contribution in [0.1, 0.15) is 33.1 Å². The van der Waals surface area contributed by atoms with Crippen molar-refractivity contribution in [2.24, 2.45) is 5.92 Å². The second-order valence-corrected chi connectivity index (χ2v) is 10.2. The number of nitrogens with zero attached hydrogens (tertiary/aromatic N) is 1. The van der Waals surface area contributed by atoms with Gasteiger partial charge < -0.3 is 10.0 Å². The van der Waals surface area contributed by atoms with E-state index in [2.05, 4.69) is 11.8 Å². The van der Waals surface area contributed by atoms with Gasteiger partial charge in [-0.05, 0) is 43.7 Å². The molecule has 0 saturated heterocycles. The van der Waals surface area contributed by atoms with Crippen molar-refractivity contribution in [1.29, 1.82) is 0 Å². The molecule has 0 spiro atoms. The quantitative estimate of drug-likeness (QED) is 0.690. The summed E-state index contributed by atoms with van der Waals surface area (Å²) in [5, 5.41) is 9.85. The van der Waals surface area contributed by atoms with Gasteiger partial charge in [-0.3, -0.25) is 0 Å². The normalized spacial score (nSPS) is 21.5. The Morgan fingerprint density at radius 1 is 1.22 bits per heavy atom. The summed E-state index contributed by atoms with van der Waals surface area (Å²) in [7, 11) is -3.54. The zero-order valence-corrected chi connectivity index (χ0v) is 17.7. The van der Waals surface area contributed by atoms with E-state index in [4.69, 9.17) is 0 Å². The lowest BCUT2D eigenvalue weighted by molar-refractivity contribution is 0.453. The van der Waals surface area contributed by atoms with Gasteiger partial charge in [-0.1, -0.05) is 38.0 Å². The van der Waals surface area contributed by atoms with Gasteiger partial charge in [-0.2, -0.15) is 0 Å². The zero-order valence-electron chi connectivity index (χ0n) is 16.1. The number of thioether (sulfide) groups is 1. The van der Waals surface area contributed by atoms with Gasteiger partial charge in [0.25, 0.3) is 0 Å².